The third-order valence-corrected chi connectivity index (χ3v) is 2.17. The minimum atomic E-state index is 0.329. The number of phenols is 1. The summed E-state index contributed by atoms with van der Waals surface area (Å²) in [6.45, 7) is 1.89. The Bertz CT molecular complexity index is 431. The number of rotatable bonds is 0. The molecule has 0 amide bonds. The summed E-state index contributed by atoms with van der Waals surface area (Å²) < 4.78 is 1.79. The van der Waals surface area contributed by atoms with Gasteiger partial charge < -0.3 is 5.11 Å². The van der Waals surface area contributed by atoms with Gasteiger partial charge in [-0.15, -0.1) is 0 Å². The Kier molecular flexibility index (Phi) is 1.33. The number of hydrogen-bond donors (Lipinski definition) is 1. The molecule has 2 rings (SSSR count). The maximum Gasteiger partial charge on any atom is 0.119 e. The first-order chi connectivity index (χ1) is 5.70. The Balaban J connectivity index is 2.93. The molecule has 0 atom stereocenters. The van der Waals surface area contributed by atoms with Crippen molar-refractivity contribution < 1.29 is 5.11 Å². The minimum Gasteiger partial charge on any atom is -0.508 e. The molecule has 0 bridgehead atoms. The van der Waals surface area contributed by atoms with Crippen molar-refractivity contribution >= 4 is 10.9 Å². The molecule has 0 radical (unpaired) electrons. The summed E-state index contributed by atoms with van der Waals surface area (Å²) in [6.07, 6.45) is 1.77. The molecule has 62 valence electrons. The molecule has 2 aromatic rings. The molecule has 1 heterocycles. The van der Waals surface area contributed by atoms with Crippen LogP contribution < -0.4 is 0 Å². The Labute approximate surface area is 70.2 Å². The van der Waals surface area contributed by atoms with Crippen LogP contribution in [0, 0.1) is 6.92 Å². The zero-order valence-corrected chi connectivity index (χ0v) is 7.07. The van der Waals surface area contributed by atoms with Gasteiger partial charge in [0.25, 0.3) is 0 Å². The highest BCUT2D eigenvalue weighted by molar-refractivity contribution is 5.84. The number of aryl methyl sites for hydroxylation is 2. The summed E-state index contributed by atoms with van der Waals surface area (Å²) in [5, 5.41) is 14.5. The van der Waals surface area contributed by atoms with E-state index in [4.69, 9.17) is 0 Å². The van der Waals surface area contributed by atoms with Crippen LogP contribution in [0.1, 0.15) is 5.56 Å². The van der Waals surface area contributed by atoms with E-state index < -0.39 is 0 Å². The van der Waals surface area contributed by atoms with Crippen LogP contribution in [0.15, 0.2) is 18.3 Å². The zero-order valence-electron chi connectivity index (χ0n) is 7.07. The van der Waals surface area contributed by atoms with Gasteiger partial charge in [-0.25, -0.2) is 0 Å². The van der Waals surface area contributed by atoms with E-state index in [9.17, 15) is 5.11 Å². The lowest BCUT2D eigenvalue weighted by molar-refractivity contribution is 0.472. The van der Waals surface area contributed by atoms with E-state index in [1.54, 1.807) is 16.9 Å². The van der Waals surface area contributed by atoms with E-state index in [2.05, 4.69) is 5.10 Å². The zero-order chi connectivity index (χ0) is 8.72. The maximum absolute atomic E-state index is 9.39. The SMILES string of the molecule is Cc1c(O)ccc2c1cnn2C. The second-order valence-electron chi connectivity index (χ2n) is 2.91. The largest absolute Gasteiger partial charge is 0.508 e. The molecule has 1 aromatic heterocycles. The smallest absolute Gasteiger partial charge is 0.119 e. The molecule has 0 aliphatic heterocycles. The van der Waals surface area contributed by atoms with Gasteiger partial charge in [-0.05, 0) is 19.1 Å². The van der Waals surface area contributed by atoms with E-state index in [1.807, 2.05) is 20.0 Å². The fourth-order valence-corrected chi connectivity index (χ4v) is 1.35. The molecular weight excluding hydrogens is 152 g/mol. The minimum absolute atomic E-state index is 0.329. The molecule has 0 aliphatic carbocycles. The predicted octanol–water partition coefficient (Wildman–Crippen LogP) is 1.59. The average molecular weight is 162 g/mol. The fourth-order valence-electron chi connectivity index (χ4n) is 1.35. The molecule has 1 aromatic carbocycles. The normalized spacial score (nSPS) is 10.8. The summed E-state index contributed by atoms with van der Waals surface area (Å²) in [6, 6.07) is 3.56. The van der Waals surface area contributed by atoms with Gasteiger partial charge in [0.15, 0.2) is 0 Å². The van der Waals surface area contributed by atoms with Crippen LogP contribution in [-0.2, 0) is 7.05 Å². The van der Waals surface area contributed by atoms with Crippen LogP contribution in [-0.4, -0.2) is 14.9 Å². The number of aromatic hydroxyl groups is 1. The summed E-state index contributed by atoms with van der Waals surface area (Å²) in [7, 11) is 1.89. The first-order valence-electron chi connectivity index (χ1n) is 3.80. The third kappa shape index (κ3) is 0.794. The van der Waals surface area contributed by atoms with Gasteiger partial charge in [0.05, 0.1) is 11.7 Å². The monoisotopic (exact) mass is 162 g/mol. The first-order valence-corrected chi connectivity index (χ1v) is 3.80. The number of benzene rings is 1. The van der Waals surface area contributed by atoms with Gasteiger partial charge in [-0.1, -0.05) is 0 Å². The van der Waals surface area contributed by atoms with E-state index in [-0.39, 0.29) is 0 Å². The molecular formula is C9H10N2O. The second kappa shape index (κ2) is 2.24. The molecule has 0 spiro atoms. The average Bonchev–Trinajstić information content (AvgIpc) is 2.41. The summed E-state index contributed by atoms with van der Waals surface area (Å²) in [5.41, 5.74) is 1.94. The lowest BCUT2D eigenvalue weighted by Gasteiger charge is -1.99. The highest BCUT2D eigenvalue weighted by Gasteiger charge is 2.04. The molecule has 1 N–H and O–H groups in total. The summed E-state index contributed by atoms with van der Waals surface area (Å²) in [4.78, 5) is 0. The van der Waals surface area contributed by atoms with Crippen molar-refractivity contribution in [2.75, 3.05) is 0 Å². The molecule has 3 nitrogen and oxygen atoms in total. The van der Waals surface area contributed by atoms with Crippen molar-refractivity contribution in [2.45, 2.75) is 6.92 Å². The summed E-state index contributed by atoms with van der Waals surface area (Å²) in [5.74, 6) is 0.329. The van der Waals surface area contributed by atoms with Crippen molar-refractivity contribution in [2.24, 2.45) is 7.05 Å². The van der Waals surface area contributed by atoms with Crippen LogP contribution in [0.3, 0.4) is 0 Å². The van der Waals surface area contributed by atoms with Crippen LogP contribution in [0.2, 0.25) is 0 Å². The van der Waals surface area contributed by atoms with Crippen molar-refractivity contribution in [1.82, 2.24) is 9.78 Å². The van der Waals surface area contributed by atoms with Gasteiger partial charge in [0.2, 0.25) is 0 Å². The molecule has 0 unspecified atom stereocenters. The molecule has 0 saturated heterocycles. The standard InChI is InChI=1S/C9H10N2O/c1-6-7-5-10-11(2)8(7)3-4-9(6)12/h3-5,12H,1-2H3. The highest BCUT2D eigenvalue weighted by atomic mass is 16.3. The maximum atomic E-state index is 9.39. The lowest BCUT2D eigenvalue weighted by Crippen LogP contribution is -1.88. The second-order valence-corrected chi connectivity index (χ2v) is 2.91. The van der Waals surface area contributed by atoms with Gasteiger partial charge in [-0.2, -0.15) is 5.10 Å². The van der Waals surface area contributed by atoms with E-state index in [0.29, 0.717) is 5.75 Å². The Morgan fingerprint density at radius 2 is 2.17 bits per heavy atom. The van der Waals surface area contributed by atoms with Crippen LogP contribution in [0.4, 0.5) is 0 Å². The highest BCUT2D eigenvalue weighted by Crippen LogP contribution is 2.24. The molecule has 12 heavy (non-hydrogen) atoms. The Morgan fingerprint density at radius 1 is 1.42 bits per heavy atom. The Hall–Kier alpha value is -1.51. The quantitative estimate of drug-likeness (QED) is 0.638. The number of phenolic OH excluding ortho intramolecular Hbond substituents is 1. The summed E-state index contributed by atoms with van der Waals surface area (Å²) >= 11 is 0. The molecule has 0 saturated carbocycles. The van der Waals surface area contributed by atoms with Gasteiger partial charge >= 0.3 is 0 Å². The lowest BCUT2D eigenvalue weighted by atomic mass is 10.1. The van der Waals surface area contributed by atoms with Crippen molar-refractivity contribution in [3.8, 4) is 5.75 Å². The molecule has 0 fully saturated rings. The third-order valence-electron chi connectivity index (χ3n) is 2.17. The van der Waals surface area contributed by atoms with Gasteiger partial charge in [0, 0.05) is 18.0 Å². The van der Waals surface area contributed by atoms with Gasteiger partial charge in [-0.3, -0.25) is 4.68 Å². The van der Waals surface area contributed by atoms with E-state index >= 15 is 0 Å². The number of aromatic nitrogens is 2. The molecule has 3 heteroatoms. The van der Waals surface area contributed by atoms with E-state index in [1.165, 1.54) is 0 Å². The van der Waals surface area contributed by atoms with E-state index in [0.717, 1.165) is 16.5 Å². The van der Waals surface area contributed by atoms with Gasteiger partial charge in [0.1, 0.15) is 5.75 Å². The van der Waals surface area contributed by atoms with Crippen LogP contribution in [0.25, 0.3) is 10.9 Å². The first kappa shape index (κ1) is 7.16. The number of nitrogens with zero attached hydrogens (tertiary/aromatic N) is 2. The predicted molar refractivity (Wildman–Crippen MR) is 47.1 cm³/mol. The van der Waals surface area contributed by atoms with Crippen LogP contribution in [0.5, 0.6) is 5.75 Å². The molecule has 0 aliphatic rings. The Morgan fingerprint density at radius 3 is 2.92 bits per heavy atom. The van der Waals surface area contributed by atoms with Crippen molar-refractivity contribution in [3.63, 3.8) is 0 Å². The van der Waals surface area contributed by atoms with Crippen molar-refractivity contribution in [1.29, 1.82) is 0 Å². The fraction of sp³-hybridized carbons (Fsp3) is 0.222. The van der Waals surface area contributed by atoms with Crippen LogP contribution >= 0.6 is 0 Å². The number of hydrogen-bond acceptors (Lipinski definition) is 2. The number of fused-ring (bicyclic) bond motifs is 1. The van der Waals surface area contributed by atoms with Crippen molar-refractivity contribution in [3.05, 3.63) is 23.9 Å². The topological polar surface area (TPSA) is 38.1 Å².